The third-order valence-corrected chi connectivity index (χ3v) is 9.01. The molecular formula is C40H70NO10P. The van der Waals surface area contributed by atoms with Gasteiger partial charge in [0.05, 0.1) is 13.2 Å². The number of hydrogen-bond donors (Lipinski definition) is 3. The van der Waals surface area contributed by atoms with Crippen LogP contribution in [0.1, 0.15) is 155 Å². The van der Waals surface area contributed by atoms with E-state index in [0.717, 1.165) is 64.2 Å². The van der Waals surface area contributed by atoms with E-state index in [4.69, 9.17) is 24.8 Å². The molecule has 3 atom stereocenters. The number of unbranched alkanes of at least 4 members (excludes halogenated alkanes) is 14. The maximum atomic E-state index is 12.5. The molecule has 0 aliphatic carbocycles. The van der Waals surface area contributed by atoms with Crippen LogP contribution in [-0.2, 0) is 37.5 Å². The molecule has 0 aromatic heterocycles. The van der Waals surface area contributed by atoms with Gasteiger partial charge in [-0.05, 0) is 51.4 Å². The lowest BCUT2D eigenvalue weighted by atomic mass is 10.1. The van der Waals surface area contributed by atoms with Crippen molar-refractivity contribution in [2.75, 3.05) is 19.8 Å². The summed E-state index contributed by atoms with van der Waals surface area (Å²) in [6.07, 6.45) is 37.5. The monoisotopic (exact) mass is 755 g/mol. The lowest BCUT2D eigenvalue weighted by Gasteiger charge is -2.20. The van der Waals surface area contributed by atoms with Crippen molar-refractivity contribution in [3.8, 4) is 0 Å². The summed E-state index contributed by atoms with van der Waals surface area (Å²) in [6, 6.07) is -1.52. The molecule has 0 aromatic rings. The van der Waals surface area contributed by atoms with E-state index in [9.17, 15) is 23.8 Å². The summed E-state index contributed by atoms with van der Waals surface area (Å²) in [4.78, 5) is 45.7. The standard InChI is InChI=1S/C40H70NO10P/c1-3-5-7-9-11-13-15-16-17-18-19-20-22-23-25-27-29-31-38(42)48-33-36(34-49-52(46,47)50-35-37(41)40(44)45)51-39(43)32-30-28-26-24-21-14-12-10-8-6-4-2/h7,9,13,15,17-18,20,22,36-37H,3-6,8,10-12,14,16,19,21,23-35,41H2,1-2H3,(H,44,45)(H,46,47)/b9-7+,15-13+,18-17+,22-20+/t36-,37+/m0/s1. The van der Waals surface area contributed by atoms with Crippen molar-refractivity contribution in [1.82, 2.24) is 0 Å². The fourth-order valence-corrected chi connectivity index (χ4v) is 5.71. The average molecular weight is 756 g/mol. The lowest BCUT2D eigenvalue weighted by molar-refractivity contribution is -0.161. The third-order valence-electron chi connectivity index (χ3n) is 8.06. The van der Waals surface area contributed by atoms with Crippen molar-refractivity contribution in [2.45, 2.75) is 167 Å². The Hall–Kier alpha value is -2.56. The van der Waals surface area contributed by atoms with E-state index in [1.54, 1.807) is 0 Å². The Morgan fingerprint density at radius 3 is 1.60 bits per heavy atom. The van der Waals surface area contributed by atoms with Crippen molar-refractivity contribution in [3.63, 3.8) is 0 Å². The van der Waals surface area contributed by atoms with Gasteiger partial charge in [-0.1, -0.05) is 140 Å². The molecule has 0 fully saturated rings. The van der Waals surface area contributed by atoms with Crippen LogP contribution in [0.4, 0.5) is 0 Å². The summed E-state index contributed by atoms with van der Waals surface area (Å²) in [7, 11) is -4.72. The molecule has 12 heteroatoms. The first-order chi connectivity index (χ1) is 25.1. The fourth-order valence-electron chi connectivity index (χ4n) is 4.94. The molecule has 0 rings (SSSR count). The van der Waals surface area contributed by atoms with E-state index in [-0.39, 0.29) is 19.4 Å². The van der Waals surface area contributed by atoms with E-state index < -0.39 is 51.1 Å². The Morgan fingerprint density at radius 2 is 1.06 bits per heavy atom. The first kappa shape index (κ1) is 49.4. The molecule has 52 heavy (non-hydrogen) atoms. The molecule has 1 unspecified atom stereocenters. The molecule has 0 aromatic carbocycles. The highest BCUT2D eigenvalue weighted by molar-refractivity contribution is 7.47. The summed E-state index contributed by atoms with van der Waals surface area (Å²) in [5, 5.41) is 8.86. The van der Waals surface area contributed by atoms with Crippen molar-refractivity contribution < 1.29 is 47.5 Å². The maximum Gasteiger partial charge on any atom is 0.472 e. The topological polar surface area (TPSA) is 172 Å². The molecule has 0 aliphatic rings. The first-order valence-electron chi connectivity index (χ1n) is 19.7. The van der Waals surface area contributed by atoms with Gasteiger partial charge in [0.15, 0.2) is 6.10 Å². The van der Waals surface area contributed by atoms with Gasteiger partial charge in [-0.25, -0.2) is 4.57 Å². The van der Waals surface area contributed by atoms with E-state index in [0.29, 0.717) is 12.8 Å². The number of allylic oxidation sites excluding steroid dienone is 8. The summed E-state index contributed by atoms with van der Waals surface area (Å²) in [5.74, 6) is -2.42. The lowest BCUT2D eigenvalue weighted by Crippen LogP contribution is -2.34. The second-order valence-electron chi connectivity index (χ2n) is 13.1. The molecule has 0 heterocycles. The van der Waals surface area contributed by atoms with Crippen LogP contribution in [0.2, 0.25) is 0 Å². The van der Waals surface area contributed by atoms with Crippen LogP contribution < -0.4 is 5.73 Å². The van der Waals surface area contributed by atoms with Crippen LogP contribution in [-0.4, -0.2) is 59.9 Å². The normalized spacial score (nSPS) is 14.4. The van der Waals surface area contributed by atoms with Gasteiger partial charge in [0.2, 0.25) is 0 Å². The minimum Gasteiger partial charge on any atom is -0.480 e. The summed E-state index contributed by atoms with van der Waals surface area (Å²) in [5.41, 5.74) is 5.31. The Morgan fingerprint density at radius 1 is 0.596 bits per heavy atom. The second kappa shape index (κ2) is 35.5. The Balaban J connectivity index is 4.47. The zero-order valence-corrected chi connectivity index (χ0v) is 33.0. The zero-order chi connectivity index (χ0) is 38.5. The van der Waals surface area contributed by atoms with Gasteiger partial charge in [0.25, 0.3) is 0 Å². The number of carbonyl (C=O) groups is 3. The molecule has 4 N–H and O–H groups in total. The largest absolute Gasteiger partial charge is 0.480 e. The molecule has 11 nitrogen and oxygen atoms in total. The number of phosphoric ester groups is 1. The molecule has 300 valence electrons. The van der Waals surface area contributed by atoms with Crippen LogP contribution in [0.5, 0.6) is 0 Å². The van der Waals surface area contributed by atoms with Crippen molar-refractivity contribution >= 4 is 25.7 Å². The quantitative estimate of drug-likeness (QED) is 0.0241. The van der Waals surface area contributed by atoms with Gasteiger partial charge in [-0.3, -0.25) is 23.4 Å². The van der Waals surface area contributed by atoms with Crippen molar-refractivity contribution in [1.29, 1.82) is 0 Å². The van der Waals surface area contributed by atoms with Crippen molar-refractivity contribution in [3.05, 3.63) is 48.6 Å². The molecule has 0 radical (unpaired) electrons. The molecular weight excluding hydrogens is 685 g/mol. The summed E-state index contributed by atoms with van der Waals surface area (Å²) in [6.45, 7) is 2.67. The highest BCUT2D eigenvalue weighted by atomic mass is 31.2. The molecule has 0 saturated carbocycles. The number of hydrogen-bond acceptors (Lipinski definition) is 9. The smallest absolute Gasteiger partial charge is 0.472 e. The van der Waals surface area contributed by atoms with Crippen LogP contribution >= 0.6 is 7.82 Å². The number of carboxylic acid groups (broad SMARTS) is 1. The van der Waals surface area contributed by atoms with E-state index >= 15 is 0 Å². The van der Waals surface area contributed by atoms with Gasteiger partial charge in [0.1, 0.15) is 12.6 Å². The number of aliphatic carboxylic acids is 1. The number of phosphoric acid groups is 1. The Bertz CT molecular complexity index is 1070. The minimum absolute atomic E-state index is 0.154. The van der Waals surface area contributed by atoms with Gasteiger partial charge < -0.3 is 25.2 Å². The van der Waals surface area contributed by atoms with E-state index in [1.165, 1.54) is 51.4 Å². The summed E-state index contributed by atoms with van der Waals surface area (Å²) < 4.78 is 32.5. The number of rotatable bonds is 36. The predicted octanol–water partition coefficient (Wildman–Crippen LogP) is 9.83. The number of esters is 2. The van der Waals surface area contributed by atoms with Gasteiger partial charge in [-0.2, -0.15) is 0 Å². The highest BCUT2D eigenvalue weighted by Gasteiger charge is 2.28. The molecule has 0 amide bonds. The maximum absolute atomic E-state index is 12.5. The highest BCUT2D eigenvalue weighted by Crippen LogP contribution is 2.43. The Labute approximate surface area is 314 Å². The van der Waals surface area contributed by atoms with Crippen LogP contribution in [0.25, 0.3) is 0 Å². The molecule has 0 bridgehead atoms. The fraction of sp³-hybridized carbons (Fsp3) is 0.725. The Kier molecular flexibility index (Phi) is 33.7. The average Bonchev–Trinajstić information content (AvgIpc) is 3.12. The van der Waals surface area contributed by atoms with E-state index in [1.807, 2.05) is 0 Å². The predicted molar refractivity (Wildman–Crippen MR) is 208 cm³/mol. The summed E-state index contributed by atoms with van der Waals surface area (Å²) >= 11 is 0. The molecule has 0 saturated heterocycles. The van der Waals surface area contributed by atoms with E-state index in [2.05, 4.69) is 67.0 Å². The molecule has 0 aliphatic heterocycles. The number of carboxylic acids is 1. The number of ether oxygens (including phenoxy) is 2. The van der Waals surface area contributed by atoms with Crippen LogP contribution in [0.3, 0.4) is 0 Å². The zero-order valence-electron chi connectivity index (χ0n) is 32.1. The van der Waals surface area contributed by atoms with Gasteiger partial charge in [0, 0.05) is 12.8 Å². The minimum atomic E-state index is -4.72. The SMILES string of the molecule is CCC/C=C/C/C=C/C/C=C/C/C=C/CCCCCC(=O)OC[C@@H](COP(=O)(O)OC[C@@H](N)C(=O)O)OC(=O)CCCCCCCCCCCCC. The van der Waals surface area contributed by atoms with Crippen molar-refractivity contribution in [2.24, 2.45) is 5.73 Å². The third kappa shape index (κ3) is 34.5. The van der Waals surface area contributed by atoms with Crippen LogP contribution in [0.15, 0.2) is 48.6 Å². The van der Waals surface area contributed by atoms with Gasteiger partial charge in [-0.15, -0.1) is 0 Å². The second-order valence-corrected chi connectivity index (χ2v) is 14.5. The molecule has 0 spiro atoms. The van der Waals surface area contributed by atoms with Gasteiger partial charge >= 0.3 is 25.7 Å². The first-order valence-corrected chi connectivity index (χ1v) is 21.2. The van der Waals surface area contributed by atoms with Crippen LogP contribution in [0, 0.1) is 0 Å². The number of carbonyl (C=O) groups excluding carboxylic acids is 2. The number of nitrogens with two attached hydrogens (primary N) is 1.